The average Bonchev–Trinajstić information content (AvgIpc) is 3.14. The van der Waals surface area contributed by atoms with Crippen LogP contribution >= 0.6 is 0 Å². The molecule has 30 heavy (non-hydrogen) atoms. The molecule has 0 bridgehead atoms. The Morgan fingerprint density at radius 3 is 2.23 bits per heavy atom. The zero-order valence-corrected chi connectivity index (χ0v) is 18.2. The minimum atomic E-state index is -0.996. The molecule has 1 unspecified atom stereocenters. The molecule has 1 aromatic carbocycles. The third-order valence-electron chi connectivity index (χ3n) is 5.46. The van der Waals surface area contributed by atoms with Gasteiger partial charge >= 0.3 is 5.69 Å². The Kier molecular flexibility index (Phi) is 6.89. The van der Waals surface area contributed by atoms with Crippen LogP contribution in [0.3, 0.4) is 0 Å². The van der Waals surface area contributed by atoms with E-state index in [0.29, 0.717) is 29.1 Å². The molecule has 0 aliphatic rings. The van der Waals surface area contributed by atoms with Crippen molar-refractivity contribution >= 4 is 11.2 Å². The molecule has 2 heterocycles. The summed E-state index contributed by atoms with van der Waals surface area (Å²) < 4.78 is 4.24. The lowest BCUT2D eigenvalue weighted by molar-refractivity contribution is 0.201. The van der Waals surface area contributed by atoms with Crippen LogP contribution in [0.2, 0.25) is 0 Å². The molecule has 3 aromatic rings. The molecule has 0 amide bonds. The number of rotatable bonds is 9. The topological polar surface area (TPSA) is 85.3 Å². The number of aliphatic hydroxyl groups is 1. The number of hydrogen-bond acceptors (Lipinski definition) is 5. The monoisotopic (exact) mass is 413 g/mol. The number of aromatic nitrogens is 4. The Morgan fingerprint density at radius 2 is 1.63 bits per heavy atom. The molecule has 1 N–H and O–H groups in total. The van der Waals surface area contributed by atoms with Gasteiger partial charge in [0.25, 0.3) is 5.56 Å². The van der Waals surface area contributed by atoms with Crippen molar-refractivity contribution in [3.05, 3.63) is 62.6 Å². The molecule has 0 saturated carbocycles. The summed E-state index contributed by atoms with van der Waals surface area (Å²) in [6.45, 7) is 7.45. The first kappa shape index (κ1) is 22.0. The van der Waals surface area contributed by atoms with Gasteiger partial charge in [-0.25, -0.2) is 9.78 Å². The molecule has 2 aromatic heterocycles. The molecular formula is C22H31N5O3. The molecule has 1 atom stereocenters. The van der Waals surface area contributed by atoms with Crippen molar-refractivity contribution in [1.29, 1.82) is 0 Å². The van der Waals surface area contributed by atoms with Crippen LogP contribution in [0, 0.1) is 0 Å². The van der Waals surface area contributed by atoms with Crippen molar-refractivity contribution in [1.82, 2.24) is 23.6 Å². The quantitative estimate of drug-likeness (QED) is 0.576. The van der Waals surface area contributed by atoms with Crippen molar-refractivity contribution in [3.8, 4) is 0 Å². The van der Waals surface area contributed by atoms with E-state index >= 15 is 0 Å². The third-order valence-corrected chi connectivity index (χ3v) is 5.46. The molecule has 0 spiro atoms. The smallest absolute Gasteiger partial charge is 0.332 e. The summed E-state index contributed by atoms with van der Waals surface area (Å²) in [5.41, 5.74) is 0.499. The van der Waals surface area contributed by atoms with Gasteiger partial charge in [-0.2, -0.15) is 0 Å². The fraction of sp³-hybridized carbons (Fsp3) is 0.500. The zero-order chi connectivity index (χ0) is 21.8. The molecule has 0 aliphatic heterocycles. The van der Waals surface area contributed by atoms with Gasteiger partial charge in [-0.3, -0.25) is 13.9 Å². The predicted octanol–water partition coefficient (Wildman–Crippen LogP) is 1.64. The summed E-state index contributed by atoms with van der Waals surface area (Å²) in [5, 5.41) is 11.1. The van der Waals surface area contributed by atoms with Crippen molar-refractivity contribution in [2.24, 2.45) is 14.1 Å². The van der Waals surface area contributed by atoms with Gasteiger partial charge in [0.1, 0.15) is 11.9 Å². The lowest BCUT2D eigenvalue weighted by Crippen LogP contribution is -2.38. The highest BCUT2D eigenvalue weighted by molar-refractivity contribution is 5.71. The molecule has 0 saturated heterocycles. The lowest BCUT2D eigenvalue weighted by atomic mass is 10.1. The maximum Gasteiger partial charge on any atom is 0.332 e. The van der Waals surface area contributed by atoms with Crippen LogP contribution in [0.15, 0.2) is 39.9 Å². The van der Waals surface area contributed by atoms with Crippen LogP contribution in [0.25, 0.3) is 11.2 Å². The van der Waals surface area contributed by atoms with E-state index in [1.54, 1.807) is 11.6 Å². The second kappa shape index (κ2) is 9.40. The second-order valence-corrected chi connectivity index (χ2v) is 7.65. The summed E-state index contributed by atoms with van der Waals surface area (Å²) in [7, 11) is 3.07. The zero-order valence-electron chi connectivity index (χ0n) is 18.2. The van der Waals surface area contributed by atoms with Crippen LogP contribution in [-0.4, -0.2) is 48.3 Å². The summed E-state index contributed by atoms with van der Waals surface area (Å²) in [4.78, 5) is 32.3. The van der Waals surface area contributed by atoms with Crippen LogP contribution in [0.4, 0.5) is 0 Å². The molecule has 0 aliphatic carbocycles. The van der Waals surface area contributed by atoms with E-state index in [1.807, 2.05) is 30.3 Å². The third kappa shape index (κ3) is 4.11. The molecular weight excluding hydrogens is 382 g/mol. The van der Waals surface area contributed by atoms with E-state index < -0.39 is 17.4 Å². The molecule has 162 valence electrons. The van der Waals surface area contributed by atoms with E-state index in [2.05, 4.69) is 23.7 Å². The number of hydrogen-bond donors (Lipinski definition) is 1. The van der Waals surface area contributed by atoms with Crippen molar-refractivity contribution in [2.75, 3.05) is 19.6 Å². The van der Waals surface area contributed by atoms with Gasteiger partial charge in [0.2, 0.25) is 0 Å². The standard InChI is InChI=1S/C22H31N5O3/c1-5-12-26(13-6-2)14-15-27-17-19(24(3)22(30)25(4)21(17)29)23-20(27)18(28)16-10-8-7-9-11-16/h7-11,18,28H,5-6,12-15H2,1-4H3. The Bertz CT molecular complexity index is 1110. The summed E-state index contributed by atoms with van der Waals surface area (Å²) in [6, 6.07) is 9.24. The maximum absolute atomic E-state index is 13.0. The SMILES string of the molecule is CCCN(CCC)CCn1c(C(O)c2ccccc2)nc2c1c(=O)n(C)c(=O)n2C. The van der Waals surface area contributed by atoms with Crippen LogP contribution in [-0.2, 0) is 20.6 Å². The van der Waals surface area contributed by atoms with Crippen LogP contribution in [0.1, 0.15) is 44.2 Å². The van der Waals surface area contributed by atoms with E-state index in [4.69, 9.17) is 0 Å². The minimum Gasteiger partial charge on any atom is -0.380 e. The number of nitrogens with zero attached hydrogens (tertiary/aromatic N) is 5. The highest BCUT2D eigenvalue weighted by atomic mass is 16.3. The van der Waals surface area contributed by atoms with E-state index in [1.165, 1.54) is 11.6 Å². The summed E-state index contributed by atoms with van der Waals surface area (Å²) in [5.74, 6) is 0.377. The van der Waals surface area contributed by atoms with E-state index in [9.17, 15) is 14.7 Å². The molecule has 0 fully saturated rings. The van der Waals surface area contributed by atoms with E-state index in [0.717, 1.165) is 37.0 Å². The Balaban J connectivity index is 2.16. The number of benzene rings is 1. The number of aliphatic hydroxyl groups excluding tert-OH is 1. The van der Waals surface area contributed by atoms with Gasteiger partial charge < -0.3 is 14.6 Å². The molecule has 8 nitrogen and oxygen atoms in total. The number of fused-ring (bicyclic) bond motifs is 1. The fourth-order valence-electron chi connectivity index (χ4n) is 3.89. The Hall–Kier alpha value is -2.71. The predicted molar refractivity (Wildman–Crippen MR) is 118 cm³/mol. The van der Waals surface area contributed by atoms with Crippen molar-refractivity contribution < 1.29 is 5.11 Å². The lowest BCUT2D eigenvalue weighted by Gasteiger charge is -2.22. The molecule has 0 radical (unpaired) electrons. The Labute approximate surface area is 176 Å². The van der Waals surface area contributed by atoms with Crippen molar-refractivity contribution in [3.63, 3.8) is 0 Å². The van der Waals surface area contributed by atoms with E-state index in [-0.39, 0.29) is 0 Å². The largest absolute Gasteiger partial charge is 0.380 e. The summed E-state index contributed by atoms with van der Waals surface area (Å²) >= 11 is 0. The first-order valence-electron chi connectivity index (χ1n) is 10.5. The van der Waals surface area contributed by atoms with Crippen LogP contribution in [0.5, 0.6) is 0 Å². The fourth-order valence-corrected chi connectivity index (χ4v) is 3.89. The first-order chi connectivity index (χ1) is 14.4. The summed E-state index contributed by atoms with van der Waals surface area (Å²) in [6.07, 6.45) is 1.09. The normalized spacial score (nSPS) is 12.7. The molecule has 3 rings (SSSR count). The highest BCUT2D eigenvalue weighted by Gasteiger charge is 2.24. The van der Waals surface area contributed by atoms with Crippen molar-refractivity contribution in [2.45, 2.75) is 39.3 Å². The highest BCUT2D eigenvalue weighted by Crippen LogP contribution is 2.24. The van der Waals surface area contributed by atoms with Crippen LogP contribution < -0.4 is 11.2 Å². The van der Waals surface area contributed by atoms with Gasteiger partial charge in [0, 0.05) is 27.2 Å². The van der Waals surface area contributed by atoms with Gasteiger partial charge in [0.15, 0.2) is 11.2 Å². The maximum atomic E-state index is 13.0. The Morgan fingerprint density at radius 1 is 1.00 bits per heavy atom. The average molecular weight is 414 g/mol. The molecule has 8 heteroatoms. The number of imidazole rings is 1. The van der Waals surface area contributed by atoms with Gasteiger partial charge in [-0.15, -0.1) is 0 Å². The van der Waals surface area contributed by atoms with Gasteiger partial charge in [0.05, 0.1) is 0 Å². The van der Waals surface area contributed by atoms with Gasteiger partial charge in [-0.05, 0) is 31.5 Å². The van der Waals surface area contributed by atoms with Gasteiger partial charge in [-0.1, -0.05) is 44.2 Å². The number of aryl methyl sites for hydroxylation is 1. The first-order valence-corrected chi connectivity index (χ1v) is 10.5. The second-order valence-electron chi connectivity index (χ2n) is 7.65. The minimum absolute atomic E-state index is 0.297.